The van der Waals surface area contributed by atoms with Gasteiger partial charge >= 0.3 is 11.7 Å². The molecule has 0 aromatic heterocycles. The summed E-state index contributed by atoms with van der Waals surface area (Å²) in [5.74, 6) is -2.71. The molecule has 1 aliphatic rings. The van der Waals surface area contributed by atoms with Crippen molar-refractivity contribution in [3.63, 3.8) is 0 Å². The number of nitro benzene ring substituents is 1. The maximum atomic E-state index is 11.9. The maximum Gasteiger partial charge on any atom is 0.318 e. The number of fused-ring (bicyclic) bond motifs is 1. The molecule has 1 aromatic carbocycles. The number of benzene rings is 1. The predicted octanol–water partition coefficient (Wildman–Crippen LogP) is 0.974. The lowest BCUT2D eigenvalue weighted by molar-refractivity contribution is -0.385. The van der Waals surface area contributed by atoms with Crippen molar-refractivity contribution in [1.29, 1.82) is 0 Å². The number of anilines is 1. The Kier molecular flexibility index (Phi) is 3.55. The number of esters is 1. The minimum Gasteiger partial charge on any atom is -0.502 e. The Labute approximate surface area is 113 Å². The number of hydrogen-bond donors (Lipinski definition) is 2. The first kappa shape index (κ1) is 13.8. The van der Waals surface area contributed by atoms with Gasteiger partial charge in [0.15, 0.2) is 5.75 Å². The topological polar surface area (TPSA) is 119 Å². The highest BCUT2D eigenvalue weighted by molar-refractivity contribution is 6.05. The van der Waals surface area contributed by atoms with Crippen molar-refractivity contribution in [3.05, 3.63) is 27.8 Å². The number of carbonyl (C=O) groups is 2. The van der Waals surface area contributed by atoms with Crippen molar-refractivity contribution in [2.75, 3.05) is 12.4 Å². The Morgan fingerprint density at radius 3 is 2.85 bits per heavy atom. The third-order valence-electron chi connectivity index (χ3n) is 3.16. The van der Waals surface area contributed by atoms with Crippen LogP contribution in [0.3, 0.4) is 0 Å². The molecule has 2 rings (SSSR count). The van der Waals surface area contributed by atoms with Crippen molar-refractivity contribution in [2.24, 2.45) is 5.92 Å². The van der Waals surface area contributed by atoms with E-state index in [1.54, 1.807) is 0 Å². The molecule has 0 saturated carbocycles. The lowest BCUT2D eigenvalue weighted by Crippen LogP contribution is -2.29. The van der Waals surface area contributed by atoms with Gasteiger partial charge in [-0.3, -0.25) is 19.7 Å². The van der Waals surface area contributed by atoms with Crippen LogP contribution in [0, 0.1) is 16.0 Å². The molecule has 1 atom stereocenters. The Bertz CT molecular complexity index is 598. The minimum absolute atomic E-state index is 0.188. The molecule has 8 nitrogen and oxygen atoms in total. The second-order valence-corrected chi connectivity index (χ2v) is 4.36. The van der Waals surface area contributed by atoms with Gasteiger partial charge in [-0.1, -0.05) is 0 Å². The van der Waals surface area contributed by atoms with Gasteiger partial charge in [-0.25, -0.2) is 0 Å². The fourth-order valence-electron chi connectivity index (χ4n) is 2.11. The van der Waals surface area contributed by atoms with Crippen molar-refractivity contribution < 1.29 is 24.4 Å². The number of aryl methyl sites for hydroxylation is 1. The Morgan fingerprint density at radius 2 is 2.25 bits per heavy atom. The van der Waals surface area contributed by atoms with Crippen LogP contribution in [-0.4, -0.2) is 29.0 Å². The largest absolute Gasteiger partial charge is 0.502 e. The van der Waals surface area contributed by atoms with Gasteiger partial charge in [-0.05, 0) is 18.4 Å². The maximum absolute atomic E-state index is 11.9. The lowest BCUT2D eigenvalue weighted by Gasteiger charge is -2.10. The van der Waals surface area contributed by atoms with Crippen LogP contribution in [0.4, 0.5) is 11.4 Å². The van der Waals surface area contributed by atoms with E-state index in [-0.39, 0.29) is 18.5 Å². The summed E-state index contributed by atoms with van der Waals surface area (Å²) in [5.41, 5.74) is 0.327. The van der Waals surface area contributed by atoms with Crippen LogP contribution in [0.2, 0.25) is 0 Å². The molecule has 2 N–H and O–H groups in total. The molecule has 0 fully saturated rings. The van der Waals surface area contributed by atoms with E-state index >= 15 is 0 Å². The first-order chi connectivity index (χ1) is 9.43. The van der Waals surface area contributed by atoms with Crippen LogP contribution < -0.4 is 5.32 Å². The van der Waals surface area contributed by atoms with E-state index in [0.717, 1.165) is 6.07 Å². The summed E-state index contributed by atoms with van der Waals surface area (Å²) in [6.45, 7) is 0. The molecule has 1 amide bonds. The van der Waals surface area contributed by atoms with Gasteiger partial charge in [0, 0.05) is 17.8 Å². The van der Waals surface area contributed by atoms with Crippen LogP contribution in [0.1, 0.15) is 12.0 Å². The van der Waals surface area contributed by atoms with E-state index in [0.29, 0.717) is 5.56 Å². The molecule has 20 heavy (non-hydrogen) atoms. The van der Waals surface area contributed by atoms with Gasteiger partial charge in [-0.2, -0.15) is 0 Å². The summed E-state index contributed by atoms with van der Waals surface area (Å²) < 4.78 is 4.54. The summed E-state index contributed by atoms with van der Waals surface area (Å²) >= 11 is 0. The number of aromatic hydroxyl groups is 1. The van der Waals surface area contributed by atoms with Crippen molar-refractivity contribution in [2.45, 2.75) is 12.8 Å². The number of nitrogens with zero attached hydrogens (tertiary/aromatic N) is 1. The molecule has 0 bridgehead atoms. The normalized spacial score (nSPS) is 17.6. The van der Waals surface area contributed by atoms with E-state index in [4.69, 9.17) is 0 Å². The summed E-state index contributed by atoms with van der Waals surface area (Å²) in [4.78, 5) is 33.4. The Balaban J connectivity index is 2.38. The predicted molar refractivity (Wildman–Crippen MR) is 67.2 cm³/mol. The molecule has 1 unspecified atom stereocenters. The quantitative estimate of drug-likeness (QED) is 0.360. The highest BCUT2D eigenvalue weighted by atomic mass is 16.6. The molecule has 0 spiro atoms. The van der Waals surface area contributed by atoms with E-state index in [1.165, 1.54) is 13.2 Å². The molecule has 0 radical (unpaired) electrons. The molecule has 1 heterocycles. The van der Waals surface area contributed by atoms with Gasteiger partial charge in [0.25, 0.3) is 0 Å². The second kappa shape index (κ2) is 5.16. The van der Waals surface area contributed by atoms with Crippen LogP contribution in [-0.2, 0) is 20.7 Å². The fourth-order valence-corrected chi connectivity index (χ4v) is 2.11. The number of nitrogens with one attached hydrogen (secondary N) is 1. The number of carbonyl (C=O) groups excluding carboxylic acids is 2. The zero-order valence-corrected chi connectivity index (χ0v) is 10.6. The highest BCUT2D eigenvalue weighted by Crippen LogP contribution is 2.35. The number of rotatable bonds is 2. The molecule has 106 valence electrons. The third kappa shape index (κ3) is 2.40. The van der Waals surface area contributed by atoms with Crippen LogP contribution in [0.25, 0.3) is 0 Å². The molecular formula is C12H12N2O6. The number of methoxy groups -OCH3 is 1. The highest BCUT2D eigenvalue weighted by Gasteiger charge is 2.32. The molecular weight excluding hydrogens is 268 g/mol. The standard InChI is InChI=1S/C12H12N2O6/c1-20-12(17)7-3-2-6-4-9(14(18)19)10(15)5-8(6)13-11(7)16/h4-5,7,15H,2-3H2,1H3,(H,13,16). The average Bonchev–Trinajstić information content (AvgIpc) is 2.54. The molecule has 0 saturated heterocycles. The van der Waals surface area contributed by atoms with E-state index in [1.807, 2.05) is 0 Å². The van der Waals surface area contributed by atoms with E-state index < -0.39 is 34.2 Å². The lowest BCUT2D eigenvalue weighted by atomic mass is 10.0. The Morgan fingerprint density at radius 1 is 1.55 bits per heavy atom. The SMILES string of the molecule is COC(=O)C1CCc2cc([N+](=O)[O-])c(O)cc2NC1=O. The fraction of sp³-hybridized carbons (Fsp3) is 0.333. The number of ether oxygens (including phenoxy) is 1. The summed E-state index contributed by atoms with van der Waals surface area (Å²) in [6, 6.07) is 2.32. The van der Waals surface area contributed by atoms with Crippen LogP contribution in [0.5, 0.6) is 5.75 Å². The van der Waals surface area contributed by atoms with Gasteiger partial charge in [-0.15, -0.1) is 0 Å². The number of nitro groups is 1. The van der Waals surface area contributed by atoms with Crippen molar-refractivity contribution in [1.82, 2.24) is 0 Å². The summed E-state index contributed by atoms with van der Waals surface area (Å²) in [7, 11) is 1.18. The first-order valence-electron chi connectivity index (χ1n) is 5.83. The molecule has 8 heteroatoms. The zero-order valence-electron chi connectivity index (χ0n) is 10.6. The number of phenolic OH excluding ortho intramolecular Hbond substituents is 1. The molecule has 1 aliphatic heterocycles. The minimum atomic E-state index is -0.964. The van der Waals surface area contributed by atoms with Gasteiger partial charge in [0.2, 0.25) is 5.91 Å². The number of amides is 1. The average molecular weight is 280 g/mol. The van der Waals surface area contributed by atoms with Gasteiger partial charge in [0.1, 0.15) is 5.92 Å². The van der Waals surface area contributed by atoms with Crippen molar-refractivity contribution >= 4 is 23.3 Å². The molecule has 0 aliphatic carbocycles. The van der Waals surface area contributed by atoms with Crippen LogP contribution >= 0.6 is 0 Å². The van der Waals surface area contributed by atoms with Gasteiger partial charge < -0.3 is 15.2 Å². The number of hydrogen-bond acceptors (Lipinski definition) is 6. The van der Waals surface area contributed by atoms with E-state index in [2.05, 4.69) is 10.1 Å². The van der Waals surface area contributed by atoms with Gasteiger partial charge in [0.05, 0.1) is 12.0 Å². The van der Waals surface area contributed by atoms with Crippen LogP contribution in [0.15, 0.2) is 12.1 Å². The monoisotopic (exact) mass is 280 g/mol. The Hall–Kier alpha value is -2.64. The number of phenols is 1. The summed E-state index contributed by atoms with van der Waals surface area (Å²) in [6.07, 6.45) is 0.475. The zero-order chi connectivity index (χ0) is 14.9. The third-order valence-corrected chi connectivity index (χ3v) is 3.16. The van der Waals surface area contributed by atoms with Crippen molar-refractivity contribution in [3.8, 4) is 5.75 Å². The van der Waals surface area contributed by atoms with E-state index in [9.17, 15) is 24.8 Å². The second-order valence-electron chi connectivity index (χ2n) is 4.36. The summed E-state index contributed by atoms with van der Waals surface area (Å²) in [5, 5.41) is 22.8. The first-order valence-corrected chi connectivity index (χ1v) is 5.83. The molecule has 1 aromatic rings. The smallest absolute Gasteiger partial charge is 0.318 e.